The monoisotopic (exact) mass is 308 g/mol. The van der Waals surface area contributed by atoms with Crippen molar-refractivity contribution in [2.75, 3.05) is 26.2 Å². The van der Waals surface area contributed by atoms with Gasteiger partial charge in [0.25, 0.3) is 0 Å². The molecule has 0 unspecified atom stereocenters. The van der Waals surface area contributed by atoms with Crippen molar-refractivity contribution in [3.8, 4) is 0 Å². The van der Waals surface area contributed by atoms with Crippen LogP contribution in [0, 0.1) is 6.92 Å². The van der Waals surface area contributed by atoms with Gasteiger partial charge in [-0.25, -0.2) is 0 Å². The lowest BCUT2D eigenvalue weighted by molar-refractivity contribution is -0.148. The third-order valence-electron chi connectivity index (χ3n) is 3.44. The van der Waals surface area contributed by atoms with Crippen LogP contribution in [0.25, 0.3) is 0 Å². The van der Waals surface area contributed by atoms with Crippen molar-refractivity contribution < 1.29 is 13.2 Å². The van der Waals surface area contributed by atoms with E-state index in [4.69, 9.17) is 0 Å². The van der Waals surface area contributed by atoms with Gasteiger partial charge in [0.05, 0.1) is 6.42 Å². The second kappa shape index (κ2) is 7.29. The van der Waals surface area contributed by atoms with Gasteiger partial charge in [-0.1, -0.05) is 29.8 Å². The number of rotatable bonds is 3. The Morgan fingerprint density at radius 1 is 1.25 bits per heavy atom. The number of hydrogen-bond acceptors (Lipinski definition) is 2. The normalized spacial score (nSPS) is 18.4. The van der Waals surface area contributed by atoms with Crippen molar-refractivity contribution in [1.29, 1.82) is 0 Å². The van der Waals surface area contributed by atoms with Crippen molar-refractivity contribution >= 4 is 12.4 Å². The predicted octanol–water partition coefficient (Wildman–Crippen LogP) is 3.32. The highest BCUT2D eigenvalue weighted by Gasteiger charge is 2.35. The smallest absolute Gasteiger partial charge is 0.314 e. The van der Waals surface area contributed by atoms with E-state index in [0.29, 0.717) is 13.1 Å². The summed E-state index contributed by atoms with van der Waals surface area (Å²) in [6, 6.07) is 6.83. The lowest BCUT2D eigenvalue weighted by atomic mass is 9.99. The van der Waals surface area contributed by atoms with E-state index in [9.17, 15) is 13.2 Å². The fourth-order valence-corrected chi connectivity index (χ4v) is 2.55. The molecule has 1 fully saturated rings. The quantitative estimate of drug-likeness (QED) is 0.921. The standard InChI is InChI=1S/C14H19F3N2.ClH/c1-11-3-2-4-12(9-11)13(10-14(15,16)17)19-7-5-18-6-8-19;/h2-4,9,13,18H,5-8,10H2,1H3;1H/t13-;/m1./s1. The minimum Gasteiger partial charge on any atom is -0.314 e. The van der Waals surface area contributed by atoms with Crippen LogP contribution in [0.3, 0.4) is 0 Å². The third kappa shape index (κ3) is 4.96. The molecule has 0 amide bonds. The van der Waals surface area contributed by atoms with E-state index in [1.165, 1.54) is 0 Å². The van der Waals surface area contributed by atoms with Gasteiger partial charge in [0, 0.05) is 32.2 Å². The average Bonchev–Trinajstić information content (AvgIpc) is 2.36. The first-order valence-corrected chi connectivity index (χ1v) is 6.54. The summed E-state index contributed by atoms with van der Waals surface area (Å²) in [5.41, 5.74) is 1.76. The Bertz CT molecular complexity index is 417. The fourth-order valence-electron chi connectivity index (χ4n) is 2.55. The number of alkyl halides is 3. The van der Waals surface area contributed by atoms with Gasteiger partial charge in [-0.15, -0.1) is 12.4 Å². The minimum absolute atomic E-state index is 0. The molecule has 1 aromatic rings. The lowest BCUT2D eigenvalue weighted by Gasteiger charge is -2.35. The first-order valence-electron chi connectivity index (χ1n) is 6.54. The molecule has 1 aliphatic heterocycles. The van der Waals surface area contributed by atoms with Gasteiger partial charge < -0.3 is 5.32 Å². The summed E-state index contributed by atoms with van der Waals surface area (Å²) in [7, 11) is 0. The summed E-state index contributed by atoms with van der Waals surface area (Å²) in [5.74, 6) is 0. The van der Waals surface area contributed by atoms with Crippen molar-refractivity contribution in [1.82, 2.24) is 10.2 Å². The molecule has 0 aromatic heterocycles. The minimum atomic E-state index is -4.14. The molecule has 0 saturated carbocycles. The SMILES string of the molecule is Cc1cccc([C@@H](CC(F)(F)F)N2CCNCC2)c1.Cl. The largest absolute Gasteiger partial charge is 0.390 e. The maximum atomic E-state index is 12.8. The van der Waals surface area contributed by atoms with Crippen molar-refractivity contribution in [2.45, 2.75) is 25.6 Å². The Morgan fingerprint density at radius 2 is 1.90 bits per heavy atom. The predicted molar refractivity (Wildman–Crippen MR) is 76.3 cm³/mol. The molecular weight excluding hydrogens is 289 g/mol. The Hall–Kier alpha value is -0.780. The maximum Gasteiger partial charge on any atom is 0.390 e. The van der Waals surface area contributed by atoms with Gasteiger partial charge in [0.2, 0.25) is 0 Å². The van der Waals surface area contributed by atoms with E-state index < -0.39 is 18.6 Å². The van der Waals surface area contributed by atoms with E-state index in [-0.39, 0.29) is 12.4 Å². The fraction of sp³-hybridized carbons (Fsp3) is 0.571. The van der Waals surface area contributed by atoms with E-state index in [1.54, 1.807) is 6.07 Å². The zero-order valence-corrected chi connectivity index (χ0v) is 12.2. The highest BCUT2D eigenvalue weighted by Crippen LogP contribution is 2.34. The van der Waals surface area contributed by atoms with Gasteiger partial charge in [-0.05, 0) is 12.5 Å². The summed E-state index contributed by atoms with van der Waals surface area (Å²) in [4.78, 5) is 1.93. The molecule has 2 nitrogen and oxygen atoms in total. The summed E-state index contributed by atoms with van der Waals surface area (Å²) < 4.78 is 38.4. The molecule has 1 heterocycles. The second-order valence-electron chi connectivity index (χ2n) is 5.04. The van der Waals surface area contributed by atoms with Crippen LogP contribution in [0.2, 0.25) is 0 Å². The zero-order chi connectivity index (χ0) is 13.9. The van der Waals surface area contributed by atoms with E-state index in [1.807, 2.05) is 30.0 Å². The van der Waals surface area contributed by atoms with Crippen LogP contribution in [-0.4, -0.2) is 37.3 Å². The summed E-state index contributed by atoms with van der Waals surface area (Å²) in [6.45, 7) is 4.73. The Morgan fingerprint density at radius 3 is 2.45 bits per heavy atom. The molecule has 1 saturated heterocycles. The van der Waals surface area contributed by atoms with E-state index in [0.717, 1.165) is 24.2 Å². The topological polar surface area (TPSA) is 15.3 Å². The van der Waals surface area contributed by atoms with Crippen LogP contribution in [-0.2, 0) is 0 Å². The summed E-state index contributed by atoms with van der Waals surface area (Å²) >= 11 is 0. The molecule has 1 N–H and O–H groups in total. The zero-order valence-electron chi connectivity index (χ0n) is 11.4. The molecule has 2 rings (SSSR count). The Labute approximate surface area is 123 Å². The number of piperazine rings is 1. The average molecular weight is 309 g/mol. The van der Waals surface area contributed by atoms with E-state index in [2.05, 4.69) is 5.32 Å². The highest BCUT2D eigenvalue weighted by molar-refractivity contribution is 5.85. The maximum absolute atomic E-state index is 12.8. The summed E-state index contributed by atoms with van der Waals surface area (Å²) in [6.07, 6.45) is -4.92. The molecule has 1 aromatic carbocycles. The molecule has 20 heavy (non-hydrogen) atoms. The molecule has 0 aliphatic carbocycles. The van der Waals surface area contributed by atoms with Crippen LogP contribution in [0.4, 0.5) is 13.2 Å². The Balaban J connectivity index is 0.00000200. The molecule has 6 heteroatoms. The van der Waals surface area contributed by atoms with E-state index >= 15 is 0 Å². The molecule has 0 bridgehead atoms. The number of halogens is 4. The van der Waals surface area contributed by atoms with Gasteiger partial charge in [-0.2, -0.15) is 13.2 Å². The van der Waals surface area contributed by atoms with Gasteiger partial charge >= 0.3 is 6.18 Å². The second-order valence-corrected chi connectivity index (χ2v) is 5.04. The lowest BCUT2D eigenvalue weighted by Crippen LogP contribution is -2.46. The molecule has 1 aliphatic rings. The first-order chi connectivity index (χ1) is 8.96. The van der Waals surface area contributed by atoms with Crippen molar-refractivity contribution in [3.63, 3.8) is 0 Å². The molecule has 114 valence electrons. The molecule has 1 atom stereocenters. The van der Waals surface area contributed by atoms with Crippen LogP contribution in [0.5, 0.6) is 0 Å². The van der Waals surface area contributed by atoms with Crippen LogP contribution in [0.1, 0.15) is 23.6 Å². The Kier molecular flexibility index (Phi) is 6.30. The van der Waals surface area contributed by atoms with Crippen LogP contribution >= 0.6 is 12.4 Å². The highest BCUT2D eigenvalue weighted by atomic mass is 35.5. The number of nitrogens with one attached hydrogen (secondary N) is 1. The third-order valence-corrected chi connectivity index (χ3v) is 3.44. The number of aryl methyl sites for hydroxylation is 1. The molecule has 0 radical (unpaired) electrons. The van der Waals surface area contributed by atoms with Gasteiger partial charge in [-0.3, -0.25) is 4.90 Å². The van der Waals surface area contributed by atoms with Crippen molar-refractivity contribution in [3.05, 3.63) is 35.4 Å². The number of benzene rings is 1. The molecule has 0 spiro atoms. The first kappa shape index (κ1) is 17.3. The van der Waals surface area contributed by atoms with Crippen LogP contribution < -0.4 is 5.32 Å². The van der Waals surface area contributed by atoms with Crippen molar-refractivity contribution in [2.24, 2.45) is 0 Å². The summed E-state index contributed by atoms with van der Waals surface area (Å²) in [5, 5.41) is 3.17. The number of nitrogens with zero attached hydrogens (tertiary/aromatic N) is 1. The van der Waals surface area contributed by atoms with Gasteiger partial charge in [0.1, 0.15) is 0 Å². The number of hydrogen-bond donors (Lipinski definition) is 1. The molecular formula is C14H20ClF3N2. The van der Waals surface area contributed by atoms with Crippen LogP contribution in [0.15, 0.2) is 24.3 Å². The van der Waals surface area contributed by atoms with Gasteiger partial charge in [0.15, 0.2) is 0 Å².